The largest absolute Gasteiger partial charge is 0.469 e. The number of epoxide rings is 1. The molecule has 0 bridgehead atoms. The molecular weight excluding hydrogens is 368 g/mol. The van der Waals surface area contributed by atoms with Crippen LogP contribution in [0.1, 0.15) is 62.2 Å². The van der Waals surface area contributed by atoms with Crippen molar-refractivity contribution in [1.29, 1.82) is 0 Å². The maximum Gasteiger partial charge on any atom is 0.338 e. The number of methoxy groups -OCH3 is 1. The zero-order valence-corrected chi connectivity index (χ0v) is 17.4. The van der Waals surface area contributed by atoms with E-state index in [-0.39, 0.29) is 30.3 Å². The van der Waals surface area contributed by atoms with Gasteiger partial charge in [-0.25, -0.2) is 4.79 Å². The molecule has 158 valence electrons. The van der Waals surface area contributed by atoms with E-state index in [1.54, 1.807) is 12.1 Å². The molecule has 1 aliphatic heterocycles. The highest BCUT2D eigenvalue weighted by atomic mass is 16.6. The van der Waals surface area contributed by atoms with Crippen molar-refractivity contribution < 1.29 is 23.8 Å². The summed E-state index contributed by atoms with van der Waals surface area (Å²) in [7, 11) is 1.39. The fraction of sp³-hybridized carbons (Fsp3) is 0.500. The van der Waals surface area contributed by atoms with E-state index in [1.165, 1.54) is 7.11 Å². The Morgan fingerprint density at radius 2 is 1.97 bits per heavy atom. The average Bonchev–Trinajstić information content (AvgIpc) is 3.50. The van der Waals surface area contributed by atoms with E-state index in [0.717, 1.165) is 25.7 Å². The van der Waals surface area contributed by atoms with Crippen LogP contribution in [0.3, 0.4) is 0 Å². The number of ether oxygens (including phenoxy) is 3. The standard InChI is InChI=1S/C24H32O5/c1-3-4-5-9-15-21-22(29-21)18-17-20(14-10-11-16-23(25)27-2)28-24(26)19-12-7-6-8-13-19/h5-9,12-13,17-18,20-22H,3-4,10-11,14-16H2,1-2H3/b9-5-,18-17+/t20-,21?,22?/m0/s1. The van der Waals surface area contributed by atoms with Gasteiger partial charge in [-0.05, 0) is 50.3 Å². The van der Waals surface area contributed by atoms with Gasteiger partial charge in [0, 0.05) is 6.42 Å². The maximum absolute atomic E-state index is 12.4. The van der Waals surface area contributed by atoms with Gasteiger partial charge < -0.3 is 14.2 Å². The molecular formula is C24H32O5. The van der Waals surface area contributed by atoms with E-state index in [4.69, 9.17) is 9.47 Å². The Labute approximate surface area is 173 Å². The molecule has 29 heavy (non-hydrogen) atoms. The first-order chi connectivity index (χ1) is 14.1. The summed E-state index contributed by atoms with van der Waals surface area (Å²) in [5.41, 5.74) is 0.530. The van der Waals surface area contributed by atoms with Crippen molar-refractivity contribution in [1.82, 2.24) is 0 Å². The number of carbonyl (C=O) groups is 2. The SMILES string of the molecule is CCC/C=C\CC1OC1/C=C/[C@H](CCCCC(=O)OC)OC(=O)c1ccccc1. The van der Waals surface area contributed by atoms with E-state index in [0.29, 0.717) is 24.8 Å². The van der Waals surface area contributed by atoms with Crippen LogP contribution in [-0.2, 0) is 19.0 Å². The number of carbonyl (C=O) groups excluding carboxylic acids is 2. The Balaban J connectivity index is 1.85. The van der Waals surface area contributed by atoms with Crippen LogP contribution in [0.15, 0.2) is 54.6 Å². The van der Waals surface area contributed by atoms with Gasteiger partial charge in [-0.15, -0.1) is 0 Å². The number of unbranched alkanes of at least 4 members (excludes halogenated alkanes) is 2. The Bertz CT molecular complexity index is 680. The molecule has 1 aromatic carbocycles. The van der Waals surface area contributed by atoms with E-state index < -0.39 is 0 Å². The first-order valence-corrected chi connectivity index (χ1v) is 10.5. The molecule has 0 amide bonds. The fourth-order valence-corrected chi connectivity index (χ4v) is 2.95. The summed E-state index contributed by atoms with van der Waals surface area (Å²) in [6.07, 6.45) is 13.8. The zero-order chi connectivity index (χ0) is 20.9. The smallest absolute Gasteiger partial charge is 0.338 e. The van der Waals surface area contributed by atoms with Crippen molar-refractivity contribution in [2.45, 2.75) is 70.2 Å². The van der Waals surface area contributed by atoms with Crippen LogP contribution in [-0.4, -0.2) is 37.4 Å². The van der Waals surface area contributed by atoms with Gasteiger partial charge in [0.05, 0.1) is 18.8 Å². The van der Waals surface area contributed by atoms with Gasteiger partial charge in [0.25, 0.3) is 0 Å². The van der Waals surface area contributed by atoms with Crippen LogP contribution in [0.4, 0.5) is 0 Å². The van der Waals surface area contributed by atoms with Crippen LogP contribution >= 0.6 is 0 Å². The van der Waals surface area contributed by atoms with Crippen LogP contribution in [0, 0.1) is 0 Å². The minimum atomic E-state index is -0.346. The molecule has 0 radical (unpaired) electrons. The highest BCUT2D eigenvalue weighted by Gasteiger charge is 2.35. The molecule has 0 N–H and O–H groups in total. The molecule has 0 saturated carbocycles. The number of allylic oxidation sites excluding steroid dienone is 1. The molecule has 5 heteroatoms. The Morgan fingerprint density at radius 3 is 2.69 bits per heavy atom. The lowest BCUT2D eigenvalue weighted by Crippen LogP contribution is -2.17. The third-order valence-electron chi connectivity index (χ3n) is 4.74. The monoisotopic (exact) mass is 400 g/mol. The van der Waals surface area contributed by atoms with Gasteiger partial charge in [0.1, 0.15) is 12.2 Å². The van der Waals surface area contributed by atoms with Crippen molar-refractivity contribution >= 4 is 11.9 Å². The number of hydrogen-bond acceptors (Lipinski definition) is 5. The summed E-state index contributed by atoms with van der Waals surface area (Å²) in [5, 5.41) is 0. The molecule has 2 unspecified atom stereocenters. The fourth-order valence-electron chi connectivity index (χ4n) is 2.95. The third kappa shape index (κ3) is 9.09. The molecule has 0 spiro atoms. The van der Waals surface area contributed by atoms with Crippen molar-refractivity contribution in [3.8, 4) is 0 Å². The van der Waals surface area contributed by atoms with Gasteiger partial charge in [0.2, 0.25) is 0 Å². The summed E-state index contributed by atoms with van der Waals surface area (Å²) < 4.78 is 16.0. The number of rotatable bonds is 13. The lowest BCUT2D eigenvalue weighted by atomic mass is 10.1. The summed E-state index contributed by atoms with van der Waals surface area (Å²) in [6.45, 7) is 2.16. The normalized spacial score (nSPS) is 19.4. The molecule has 1 aliphatic rings. The summed E-state index contributed by atoms with van der Waals surface area (Å²) in [4.78, 5) is 23.7. The minimum Gasteiger partial charge on any atom is -0.469 e. The van der Waals surface area contributed by atoms with Gasteiger partial charge in [-0.2, -0.15) is 0 Å². The highest BCUT2D eigenvalue weighted by molar-refractivity contribution is 5.89. The first-order valence-electron chi connectivity index (χ1n) is 10.5. The molecule has 1 saturated heterocycles. The van der Waals surface area contributed by atoms with Crippen molar-refractivity contribution in [2.24, 2.45) is 0 Å². The molecule has 3 atom stereocenters. The van der Waals surface area contributed by atoms with Gasteiger partial charge in [-0.3, -0.25) is 4.79 Å². The number of esters is 2. The summed E-state index contributed by atoms with van der Waals surface area (Å²) in [5.74, 6) is -0.562. The van der Waals surface area contributed by atoms with Crippen molar-refractivity contribution in [3.63, 3.8) is 0 Å². The van der Waals surface area contributed by atoms with E-state index in [9.17, 15) is 9.59 Å². The topological polar surface area (TPSA) is 65.1 Å². The minimum absolute atomic E-state index is 0.0780. The van der Waals surface area contributed by atoms with Crippen LogP contribution < -0.4 is 0 Å². The number of hydrogen-bond donors (Lipinski definition) is 0. The molecule has 0 aliphatic carbocycles. The lowest BCUT2D eigenvalue weighted by Gasteiger charge is -2.14. The van der Waals surface area contributed by atoms with E-state index in [1.807, 2.05) is 30.4 Å². The molecule has 2 rings (SSSR count). The quantitative estimate of drug-likeness (QED) is 0.201. The highest BCUT2D eigenvalue weighted by Crippen LogP contribution is 2.27. The van der Waals surface area contributed by atoms with Gasteiger partial charge in [0.15, 0.2) is 0 Å². The average molecular weight is 401 g/mol. The third-order valence-corrected chi connectivity index (χ3v) is 4.74. The van der Waals surface area contributed by atoms with Crippen LogP contribution in [0.5, 0.6) is 0 Å². The van der Waals surface area contributed by atoms with E-state index >= 15 is 0 Å². The Morgan fingerprint density at radius 1 is 1.17 bits per heavy atom. The molecule has 0 aromatic heterocycles. The summed E-state index contributed by atoms with van der Waals surface area (Å²) >= 11 is 0. The number of benzene rings is 1. The van der Waals surface area contributed by atoms with Crippen molar-refractivity contribution in [2.75, 3.05) is 7.11 Å². The predicted molar refractivity (Wildman–Crippen MR) is 113 cm³/mol. The second-order valence-electron chi connectivity index (χ2n) is 7.15. The zero-order valence-electron chi connectivity index (χ0n) is 17.4. The van der Waals surface area contributed by atoms with Crippen LogP contribution in [0.25, 0.3) is 0 Å². The molecule has 5 nitrogen and oxygen atoms in total. The van der Waals surface area contributed by atoms with E-state index in [2.05, 4.69) is 23.8 Å². The Hall–Kier alpha value is -2.40. The lowest BCUT2D eigenvalue weighted by molar-refractivity contribution is -0.140. The maximum atomic E-state index is 12.4. The predicted octanol–water partition coefficient (Wildman–Crippen LogP) is 5.02. The van der Waals surface area contributed by atoms with Gasteiger partial charge >= 0.3 is 11.9 Å². The second-order valence-corrected chi connectivity index (χ2v) is 7.15. The molecule has 1 fully saturated rings. The van der Waals surface area contributed by atoms with Gasteiger partial charge in [-0.1, -0.05) is 49.8 Å². The molecule has 1 aromatic rings. The van der Waals surface area contributed by atoms with Crippen LogP contribution in [0.2, 0.25) is 0 Å². The first kappa shape index (κ1) is 22.9. The summed E-state index contributed by atoms with van der Waals surface area (Å²) in [6, 6.07) is 8.96. The Kier molecular flexibility index (Phi) is 10.2. The molecule has 1 heterocycles. The van der Waals surface area contributed by atoms with Crippen molar-refractivity contribution in [3.05, 3.63) is 60.2 Å². The second kappa shape index (κ2) is 12.9.